The predicted octanol–water partition coefficient (Wildman–Crippen LogP) is 3.38. The lowest BCUT2D eigenvalue weighted by Crippen LogP contribution is -2.44. The highest BCUT2D eigenvalue weighted by molar-refractivity contribution is 5.96. The molecule has 2 aromatic carbocycles. The first-order valence-corrected chi connectivity index (χ1v) is 11.2. The van der Waals surface area contributed by atoms with Crippen molar-refractivity contribution in [1.82, 2.24) is 10.2 Å². The number of carboxylic acids is 1. The number of nitrogens with one attached hydrogen (secondary N) is 1. The van der Waals surface area contributed by atoms with Gasteiger partial charge in [-0.15, -0.1) is 0 Å². The second-order valence-corrected chi connectivity index (χ2v) is 8.18. The number of carboxylic acid groups (broad SMARTS) is 1. The minimum atomic E-state index is -1.01. The highest BCUT2D eigenvalue weighted by Gasteiger charge is 2.30. The molecule has 0 spiro atoms. The number of fused-ring (bicyclic) bond motifs is 3. The molecule has 1 aliphatic heterocycles. The molecule has 2 N–H and O–H groups in total. The van der Waals surface area contributed by atoms with Gasteiger partial charge in [-0.05, 0) is 41.0 Å². The maximum absolute atomic E-state index is 12.4. The van der Waals surface area contributed by atoms with E-state index in [2.05, 4.69) is 29.3 Å². The average molecular weight is 447 g/mol. The molecule has 2 aliphatic rings. The number of nitrogens with zero attached hydrogens (tertiary/aromatic N) is 1. The molecule has 1 heterocycles. The lowest BCUT2D eigenvalue weighted by Gasteiger charge is -2.24. The molecule has 2 amide bonds. The van der Waals surface area contributed by atoms with Crippen LogP contribution in [0.1, 0.15) is 42.7 Å². The maximum atomic E-state index is 12.4. The van der Waals surface area contributed by atoms with Gasteiger partial charge in [0, 0.05) is 12.5 Å². The van der Waals surface area contributed by atoms with Crippen molar-refractivity contribution >= 4 is 18.0 Å². The van der Waals surface area contributed by atoms with E-state index in [4.69, 9.17) is 4.74 Å². The third-order valence-electron chi connectivity index (χ3n) is 6.16. The second-order valence-electron chi connectivity index (χ2n) is 8.18. The van der Waals surface area contributed by atoms with Crippen molar-refractivity contribution in [2.75, 3.05) is 19.7 Å². The molecule has 1 fully saturated rings. The summed E-state index contributed by atoms with van der Waals surface area (Å²) in [7, 11) is 0. The third kappa shape index (κ3) is 5.01. The molecule has 4 rings (SSSR count). The first-order chi connectivity index (χ1) is 16.1. The van der Waals surface area contributed by atoms with E-state index in [1.165, 1.54) is 4.90 Å². The van der Waals surface area contributed by atoms with Crippen LogP contribution in [-0.4, -0.2) is 53.7 Å². The Morgan fingerprint density at radius 1 is 1.00 bits per heavy atom. The Morgan fingerprint density at radius 3 is 2.33 bits per heavy atom. The van der Waals surface area contributed by atoms with E-state index >= 15 is 0 Å². The number of rotatable bonds is 4. The van der Waals surface area contributed by atoms with Crippen LogP contribution in [0.2, 0.25) is 0 Å². The summed E-state index contributed by atoms with van der Waals surface area (Å²) < 4.78 is 5.44. The Morgan fingerprint density at radius 2 is 1.67 bits per heavy atom. The third-order valence-corrected chi connectivity index (χ3v) is 6.16. The lowest BCUT2D eigenvalue weighted by atomic mass is 9.98. The smallest absolute Gasteiger partial charge is 0.407 e. The summed E-state index contributed by atoms with van der Waals surface area (Å²) in [6, 6.07) is 15.3. The van der Waals surface area contributed by atoms with Crippen LogP contribution in [-0.2, 0) is 14.3 Å². The fourth-order valence-corrected chi connectivity index (χ4v) is 4.57. The lowest BCUT2D eigenvalue weighted by molar-refractivity contribution is -0.148. The van der Waals surface area contributed by atoms with Gasteiger partial charge >= 0.3 is 12.1 Å². The Hall–Kier alpha value is -3.79. The molecule has 0 bridgehead atoms. The summed E-state index contributed by atoms with van der Waals surface area (Å²) in [4.78, 5) is 37.3. The van der Waals surface area contributed by atoms with Gasteiger partial charge < -0.3 is 20.1 Å². The summed E-state index contributed by atoms with van der Waals surface area (Å²) in [5.74, 6) is 3.48. The number of hydrogen-bond acceptors (Lipinski definition) is 4. The molecule has 0 saturated carbocycles. The average Bonchev–Trinajstić information content (AvgIpc) is 2.96. The van der Waals surface area contributed by atoms with E-state index in [-0.39, 0.29) is 19.1 Å². The van der Waals surface area contributed by atoms with Crippen molar-refractivity contribution < 1.29 is 24.2 Å². The van der Waals surface area contributed by atoms with Gasteiger partial charge in [0.15, 0.2) is 0 Å². The molecular weight excluding hydrogens is 420 g/mol. The fraction of sp³-hybridized carbons (Fsp3) is 0.346. The topological polar surface area (TPSA) is 95.9 Å². The first kappa shape index (κ1) is 22.4. The van der Waals surface area contributed by atoms with Gasteiger partial charge in [-0.25, -0.2) is 9.59 Å². The Labute approximate surface area is 192 Å². The summed E-state index contributed by atoms with van der Waals surface area (Å²) in [5, 5.41) is 11.9. The zero-order chi connectivity index (χ0) is 23.2. The first-order valence-electron chi connectivity index (χ1n) is 11.2. The van der Waals surface area contributed by atoms with Gasteiger partial charge in [-0.2, -0.15) is 0 Å². The zero-order valence-electron chi connectivity index (χ0n) is 18.3. The number of amides is 2. The van der Waals surface area contributed by atoms with Gasteiger partial charge in [0.2, 0.25) is 0 Å². The minimum absolute atomic E-state index is 0.0354. The number of likely N-dealkylation sites (tertiary alicyclic amines) is 1. The van der Waals surface area contributed by atoms with E-state index in [1.807, 2.05) is 36.4 Å². The van der Waals surface area contributed by atoms with Crippen molar-refractivity contribution in [2.45, 2.75) is 37.6 Å². The number of hydrogen-bond donors (Lipinski definition) is 2. The van der Waals surface area contributed by atoms with Crippen LogP contribution in [0, 0.1) is 11.8 Å². The standard InChI is InChI=1S/C26H26N2O5/c29-24(28-16-7-1-2-13-23(28)25(30)31)14-8-15-27-26(32)33-17-22-20-11-5-3-9-18(20)19-10-4-6-12-21(19)22/h3-6,9-12,22-23H,1-2,7,13,15-17H2,(H,27,32)(H,30,31). The van der Waals surface area contributed by atoms with E-state index in [0.717, 1.165) is 41.5 Å². The molecule has 33 heavy (non-hydrogen) atoms. The van der Waals surface area contributed by atoms with Crippen molar-refractivity contribution in [3.63, 3.8) is 0 Å². The summed E-state index contributed by atoms with van der Waals surface area (Å²) in [6.45, 7) is 0.512. The molecule has 1 unspecified atom stereocenters. The van der Waals surface area contributed by atoms with Gasteiger partial charge in [-0.3, -0.25) is 4.79 Å². The van der Waals surface area contributed by atoms with Crippen molar-refractivity contribution in [1.29, 1.82) is 0 Å². The molecule has 1 saturated heterocycles. The van der Waals surface area contributed by atoms with E-state index in [0.29, 0.717) is 13.0 Å². The van der Waals surface area contributed by atoms with Crippen LogP contribution in [0.3, 0.4) is 0 Å². The van der Waals surface area contributed by atoms with Gasteiger partial charge in [0.05, 0.1) is 6.54 Å². The molecule has 2 aromatic rings. The Bertz CT molecular complexity index is 1070. The molecule has 0 aromatic heterocycles. The SMILES string of the molecule is O=C(NCC#CC(=O)N1CCCCCC1C(=O)O)OCC1c2ccccc2-c2ccccc21. The molecule has 7 nitrogen and oxygen atoms in total. The number of carbonyl (C=O) groups excluding carboxylic acids is 2. The second kappa shape index (κ2) is 10.2. The highest BCUT2D eigenvalue weighted by atomic mass is 16.5. The van der Waals surface area contributed by atoms with Crippen LogP contribution in [0.4, 0.5) is 4.79 Å². The molecule has 0 radical (unpaired) electrons. The number of carbonyl (C=O) groups is 3. The normalized spacial score (nSPS) is 17.1. The van der Waals surface area contributed by atoms with Crippen molar-refractivity contribution in [3.8, 4) is 23.0 Å². The number of benzene rings is 2. The maximum Gasteiger partial charge on any atom is 0.407 e. The Balaban J connectivity index is 1.30. The molecule has 170 valence electrons. The van der Waals surface area contributed by atoms with Crippen LogP contribution in [0.25, 0.3) is 11.1 Å². The van der Waals surface area contributed by atoms with Crippen LogP contribution in [0.15, 0.2) is 48.5 Å². The number of ether oxygens (including phenoxy) is 1. The molecule has 1 atom stereocenters. The van der Waals surface area contributed by atoms with Crippen LogP contribution >= 0.6 is 0 Å². The quantitative estimate of drug-likeness (QED) is 0.702. The highest BCUT2D eigenvalue weighted by Crippen LogP contribution is 2.44. The summed E-state index contributed by atoms with van der Waals surface area (Å²) >= 11 is 0. The van der Waals surface area contributed by atoms with E-state index in [9.17, 15) is 19.5 Å². The number of alkyl carbamates (subject to hydrolysis) is 1. The summed E-state index contributed by atoms with van der Waals surface area (Å²) in [5.41, 5.74) is 4.56. The van der Waals surface area contributed by atoms with Gasteiger partial charge in [0.25, 0.3) is 5.91 Å². The molecule has 1 aliphatic carbocycles. The van der Waals surface area contributed by atoms with Crippen molar-refractivity contribution in [2.24, 2.45) is 0 Å². The van der Waals surface area contributed by atoms with Gasteiger partial charge in [-0.1, -0.05) is 67.3 Å². The van der Waals surface area contributed by atoms with E-state index in [1.54, 1.807) is 0 Å². The predicted molar refractivity (Wildman–Crippen MR) is 122 cm³/mol. The largest absolute Gasteiger partial charge is 0.480 e. The monoisotopic (exact) mass is 446 g/mol. The molecular formula is C26H26N2O5. The van der Waals surface area contributed by atoms with Gasteiger partial charge in [0.1, 0.15) is 12.6 Å². The summed E-state index contributed by atoms with van der Waals surface area (Å²) in [6.07, 6.45) is 2.24. The van der Waals surface area contributed by atoms with E-state index < -0.39 is 24.0 Å². The minimum Gasteiger partial charge on any atom is -0.480 e. The molecule has 7 heteroatoms. The number of aliphatic carboxylic acids is 1. The van der Waals surface area contributed by atoms with Crippen molar-refractivity contribution in [3.05, 3.63) is 59.7 Å². The zero-order valence-corrected chi connectivity index (χ0v) is 18.3. The Kier molecular flexibility index (Phi) is 6.94. The van der Waals surface area contributed by atoms with Crippen LogP contribution < -0.4 is 5.32 Å². The van der Waals surface area contributed by atoms with Crippen LogP contribution in [0.5, 0.6) is 0 Å². The fourth-order valence-electron chi connectivity index (χ4n) is 4.57.